The van der Waals surface area contributed by atoms with Crippen LogP contribution < -0.4 is 4.74 Å². The van der Waals surface area contributed by atoms with Crippen molar-refractivity contribution < 1.29 is 14.3 Å². The van der Waals surface area contributed by atoms with E-state index in [0.29, 0.717) is 16.3 Å². The summed E-state index contributed by atoms with van der Waals surface area (Å²) in [5.74, 6) is 0.298. The van der Waals surface area contributed by atoms with Crippen LogP contribution in [0.25, 0.3) is 10.9 Å². The number of aromatic amines is 1. The molecule has 0 saturated heterocycles. The third-order valence-corrected chi connectivity index (χ3v) is 3.71. The van der Waals surface area contributed by atoms with Crippen LogP contribution >= 0.6 is 11.6 Å². The zero-order valence-corrected chi connectivity index (χ0v) is 13.4. The lowest BCUT2D eigenvalue weighted by atomic mass is 10.1. The Morgan fingerprint density at radius 1 is 1.13 bits per heavy atom. The van der Waals surface area contributed by atoms with Crippen LogP contribution in [0.5, 0.6) is 5.75 Å². The number of H-pyrrole nitrogens is 1. The molecule has 0 unspecified atom stereocenters. The predicted molar refractivity (Wildman–Crippen MR) is 90.3 cm³/mol. The number of hydrogen-bond donors (Lipinski definition) is 1. The summed E-state index contributed by atoms with van der Waals surface area (Å²) in [7, 11) is 0. The predicted octanol–water partition coefficient (Wildman–Crippen LogP) is 4.37. The van der Waals surface area contributed by atoms with Crippen LogP contribution in [0.2, 0.25) is 5.02 Å². The van der Waals surface area contributed by atoms with Gasteiger partial charge in [-0.1, -0.05) is 35.9 Å². The number of para-hydroxylation sites is 1. The summed E-state index contributed by atoms with van der Waals surface area (Å²) >= 11 is 5.88. The van der Waals surface area contributed by atoms with Crippen LogP contribution in [0.1, 0.15) is 16.1 Å². The van der Waals surface area contributed by atoms with Crippen molar-refractivity contribution in [2.24, 2.45) is 0 Å². The number of nitrogens with one attached hydrogen (secondary N) is 1. The van der Waals surface area contributed by atoms with Crippen molar-refractivity contribution in [3.63, 3.8) is 0 Å². The number of fused-ring (bicyclic) bond motifs is 1. The normalized spacial score (nSPS) is 10.7. The summed E-state index contributed by atoms with van der Waals surface area (Å²) in [4.78, 5) is 15.5. The zero-order valence-electron chi connectivity index (χ0n) is 12.6. The van der Waals surface area contributed by atoms with Gasteiger partial charge in [0.1, 0.15) is 19.0 Å². The summed E-state index contributed by atoms with van der Waals surface area (Å²) in [6.45, 7) is 2.30. The van der Waals surface area contributed by atoms with Gasteiger partial charge in [0.15, 0.2) is 0 Å². The van der Waals surface area contributed by atoms with Crippen LogP contribution in [0.3, 0.4) is 0 Å². The van der Waals surface area contributed by atoms with Gasteiger partial charge in [0.25, 0.3) is 0 Å². The van der Waals surface area contributed by atoms with Gasteiger partial charge in [-0.3, -0.25) is 0 Å². The number of halogens is 1. The number of ether oxygens (including phenoxy) is 2. The molecule has 0 saturated carbocycles. The van der Waals surface area contributed by atoms with Crippen molar-refractivity contribution in [2.45, 2.75) is 6.92 Å². The van der Waals surface area contributed by atoms with Crippen LogP contribution in [-0.2, 0) is 4.74 Å². The first kappa shape index (κ1) is 15.4. The smallest absolute Gasteiger partial charge is 0.340 e. The fourth-order valence-corrected chi connectivity index (χ4v) is 2.64. The molecule has 118 valence electrons. The third-order valence-electron chi connectivity index (χ3n) is 3.48. The molecule has 1 heterocycles. The molecule has 0 bridgehead atoms. The molecule has 4 nitrogen and oxygen atoms in total. The first-order chi connectivity index (χ1) is 11.1. The maximum absolute atomic E-state index is 12.3. The zero-order chi connectivity index (χ0) is 16.2. The Morgan fingerprint density at radius 3 is 2.78 bits per heavy atom. The molecule has 1 aromatic heterocycles. The van der Waals surface area contributed by atoms with E-state index in [9.17, 15) is 4.79 Å². The Morgan fingerprint density at radius 2 is 1.96 bits per heavy atom. The van der Waals surface area contributed by atoms with E-state index in [-0.39, 0.29) is 19.2 Å². The van der Waals surface area contributed by atoms with Gasteiger partial charge in [0.05, 0.1) is 5.56 Å². The monoisotopic (exact) mass is 329 g/mol. The Hall–Kier alpha value is -2.46. The second-order valence-electron chi connectivity index (χ2n) is 5.11. The fourth-order valence-electron chi connectivity index (χ4n) is 2.46. The Balaban J connectivity index is 1.60. The summed E-state index contributed by atoms with van der Waals surface area (Å²) < 4.78 is 10.8. The van der Waals surface area contributed by atoms with Gasteiger partial charge in [-0.25, -0.2) is 4.79 Å². The van der Waals surface area contributed by atoms with Crippen molar-refractivity contribution in [1.82, 2.24) is 4.98 Å². The van der Waals surface area contributed by atoms with Crippen LogP contribution in [0.4, 0.5) is 0 Å². The van der Waals surface area contributed by atoms with E-state index >= 15 is 0 Å². The molecular weight excluding hydrogens is 314 g/mol. The highest BCUT2D eigenvalue weighted by Gasteiger charge is 2.16. The van der Waals surface area contributed by atoms with Crippen molar-refractivity contribution in [3.8, 4) is 5.75 Å². The Labute approximate surface area is 139 Å². The maximum Gasteiger partial charge on any atom is 0.340 e. The minimum absolute atomic E-state index is 0.171. The molecule has 23 heavy (non-hydrogen) atoms. The SMILES string of the molecule is Cc1[nH]c2ccccc2c1C(=O)OCCOc1cccc(Cl)c1. The summed E-state index contributed by atoms with van der Waals surface area (Å²) in [5.41, 5.74) is 2.29. The molecular formula is C18H16ClNO3. The molecule has 5 heteroatoms. The van der Waals surface area contributed by atoms with E-state index in [1.165, 1.54) is 0 Å². The van der Waals surface area contributed by atoms with Crippen molar-refractivity contribution in [2.75, 3.05) is 13.2 Å². The quantitative estimate of drug-likeness (QED) is 0.558. The van der Waals surface area contributed by atoms with Crippen molar-refractivity contribution >= 4 is 28.5 Å². The topological polar surface area (TPSA) is 51.3 Å². The average molecular weight is 330 g/mol. The first-order valence-corrected chi connectivity index (χ1v) is 7.66. The van der Waals surface area contributed by atoms with E-state index in [1.54, 1.807) is 24.3 Å². The second-order valence-corrected chi connectivity index (χ2v) is 5.55. The van der Waals surface area contributed by atoms with E-state index in [1.807, 2.05) is 31.2 Å². The van der Waals surface area contributed by atoms with Gasteiger partial charge in [-0.15, -0.1) is 0 Å². The minimum Gasteiger partial charge on any atom is -0.490 e. The number of benzene rings is 2. The van der Waals surface area contributed by atoms with E-state index in [2.05, 4.69) is 4.98 Å². The molecule has 0 fully saturated rings. The molecule has 3 rings (SSSR count). The van der Waals surface area contributed by atoms with Crippen molar-refractivity contribution in [3.05, 3.63) is 64.8 Å². The number of carbonyl (C=O) groups excluding carboxylic acids is 1. The van der Waals surface area contributed by atoms with Gasteiger partial charge in [-0.05, 0) is 31.2 Å². The Kier molecular flexibility index (Phi) is 4.53. The molecule has 1 N–H and O–H groups in total. The molecule has 0 aliphatic heterocycles. The number of carbonyl (C=O) groups is 1. The number of hydrogen-bond acceptors (Lipinski definition) is 3. The highest BCUT2D eigenvalue weighted by molar-refractivity contribution is 6.30. The van der Waals surface area contributed by atoms with E-state index < -0.39 is 0 Å². The van der Waals surface area contributed by atoms with Gasteiger partial charge in [-0.2, -0.15) is 0 Å². The molecule has 0 amide bonds. The number of rotatable bonds is 5. The average Bonchev–Trinajstić information content (AvgIpc) is 2.87. The highest BCUT2D eigenvalue weighted by atomic mass is 35.5. The Bertz CT molecular complexity index is 841. The molecule has 0 radical (unpaired) electrons. The minimum atomic E-state index is -0.352. The van der Waals surface area contributed by atoms with Crippen LogP contribution in [0.15, 0.2) is 48.5 Å². The number of aryl methyl sites for hydroxylation is 1. The van der Waals surface area contributed by atoms with Gasteiger partial charge < -0.3 is 14.5 Å². The largest absolute Gasteiger partial charge is 0.490 e. The van der Waals surface area contributed by atoms with Gasteiger partial charge in [0, 0.05) is 21.6 Å². The molecule has 0 spiro atoms. The lowest BCUT2D eigenvalue weighted by Crippen LogP contribution is -2.13. The first-order valence-electron chi connectivity index (χ1n) is 7.28. The molecule has 0 atom stereocenters. The summed E-state index contributed by atoms with van der Waals surface area (Å²) in [6.07, 6.45) is 0. The van der Waals surface area contributed by atoms with Crippen LogP contribution in [-0.4, -0.2) is 24.2 Å². The number of aromatic nitrogens is 1. The fraction of sp³-hybridized carbons (Fsp3) is 0.167. The van der Waals surface area contributed by atoms with Gasteiger partial charge in [0.2, 0.25) is 0 Å². The molecule has 0 aliphatic carbocycles. The highest BCUT2D eigenvalue weighted by Crippen LogP contribution is 2.22. The maximum atomic E-state index is 12.3. The van der Waals surface area contributed by atoms with E-state index in [4.69, 9.17) is 21.1 Å². The molecule has 3 aromatic rings. The lowest BCUT2D eigenvalue weighted by Gasteiger charge is -2.08. The van der Waals surface area contributed by atoms with Crippen LogP contribution in [0, 0.1) is 6.92 Å². The molecule has 0 aliphatic rings. The molecule has 2 aromatic carbocycles. The standard InChI is InChI=1S/C18H16ClNO3/c1-12-17(15-7-2-3-8-16(15)20-12)18(21)23-10-9-22-14-6-4-5-13(19)11-14/h2-8,11,20H,9-10H2,1H3. The lowest BCUT2D eigenvalue weighted by molar-refractivity contribution is 0.0452. The third kappa shape index (κ3) is 3.48. The second kappa shape index (κ2) is 6.75. The summed E-state index contributed by atoms with van der Waals surface area (Å²) in [6, 6.07) is 14.7. The van der Waals surface area contributed by atoms with Gasteiger partial charge >= 0.3 is 5.97 Å². The number of esters is 1. The summed E-state index contributed by atoms with van der Waals surface area (Å²) in [5, 5.41) is 1.47. The van der Waals surface area contributed by atoms with E-state index in [0.717, 1.165) is 16.6 Å². The van der Waals surface area contributed by atoms with Crippen molar-refractivity contribution in [1.29, 1.82) is 0 Å².